The largest absolute Gasteiger partial charge is 0.370 e. The standard InChI is InChI=1S/C14H20ClN5O.HI/c1-17-13(21)10-18-14(16)20-8-6-19(7-9-20)12-4-2-11(15)3-5-12;/h2-5H,6-10H2,1H3,(H2,16,18)(H,17,21);1H. The zero-order chi connectivity index (χ0) is 15.2. The lowest BCUT2D eigenvalue weighted by atomic mass is 10.2. The number of nitrogens with zero attached hydrogens (tertiary/aromatic N) is 3. The molecule has 122 valence electrons. The Labute approximate surface area is 152 Å². The zero-order valence-electron chi connectivity index (χ0n) is 12.5. The van der Waals surface area contributed by atoms with Crippen molar-refractivity contribution in [1.29, 1.82) is 0 Å². The minimum atomic E-state index is -0.141. The third kappa shape index (κ3) is 5.20. The number of amides is 1. The van der Waals surface area contributed by atoms with E-state index in [1.165, 1.54) is 0 Å². The molecule has 1 saturated heterocycles. The number of anilines is 1. The number of hydrogen-bond acceptors (Lipinski definition) is 3. The van der Waals surface area contributed by atoms with Gasteiger partial charge < -0.3 is 20.9 Å². The molecule has 1 aliphatic heterocycles. The van der Waals surface area contributed by atoms with E-state index in [9.17, 15) is 4.79 Å². The van der Waals surface area contributed by atoms with Gasteiger partial charge in [0.05, 0.1) is 0 Å². The van der Waals surface area contributed by atoms with Crippen LogP contribution in [-0.4, -0.2) is 56.5 Å². The second-order valence-electron chi connectivity index (χ2n) is 4.80. The lowest BCUT2D eigenvalue weighted by molar-refractivity contribution is -0.119. The van der Waals surface area contributed by atoms with Gasteiger partial charge in [-0.2, -0.15) is 0 Å². The van der Waals surface area contributed by atoms with Gasteiger partial charge in [0, 0.05) is 43.9 Å². The second-order valence-corrected chi connectivity index (χ2v) is 5.23. The van der Waals surface area contributed by atoms with E-state index < -0.39 is 0 Å². The molecule has 8 heteroatoms. The number of piperazine rings is 1. The zero-order valence-corrected chi connectivity index (χ0v) is 15.5. The number of carbonyl (C=O) groups excluding carboxylic acids is 1. The van der Waals surface area contributed by atoms with Gasteiger partial charge in [0.15, 0.2) is 5.96 Å². The summed E-state index contributed by atoms with van der Waals surface area (Å²) in [7, 11) is 1.58. The summed E-state index contributed by atoms with van der Waals surface area (Å²) < 4.78 is 0. The van der Waals surface area contributed by atoms with Crippen LogP contribution in [0.1, 0.15) is 0 Å². The summed E-state index contributed by atoms with van der Waals surface area (Å²) in [5, 5.41) is 3.26. The SMILES string of the molecule is CNC(=O)CN=C(N)N1CCN(c2ccc(Cl)cc2)CC1.I. The van der Waals surface area contributed by atoms with Crippen molar-refractivity contribution in [3.8, 4) is 0 Å². The Hall–Kier alpha value is -1.22. The molecule has 1 aromatic carbocycles. The first-order valence-corrected chi connectivity index (χ1v) is 7.24. The summed E-state index contributed by atoms with van der Waals surface area (Å²) in [5.41, 5.74) is 7.07. The minimum absolute atomic E-state index is 0. The van der Waals surface area contributed by atoms with Crippen molar-refractivity contribution < 1.29 is 4.79 Å². The normalized spacial score (nSPS) is 15.3. The van der Waals surface area contributed by atoms with Gasteiger partial charge in [0.25, 0.3) is 0 Å². The van der Waals surface area contributed by atoms with Crippen molar-refractivity contribution in [2.24, 2.45) is 10.7 Å². The molecule has 0 aromatic heterocycles. The summed E-state index contributed by atoms with van der Waals surface area (Å²) in [6, 6.07) is 7.81. The van der Waals surface area contributed by atoms with Crippen LogP contribution in [0, 0.1) is 0 Å². The molecule has 0 atom stereocenters. The van der Waals surface area contributed by atoms with E-state index in [0.29, 0.717) is 5.96 Å². The van der Waals surface area contributed by atoms with Crippen LogP contribution in [0.2, 0.25) is 5.02 Å². The van der Waals surface area contributed by atoms with Crippen molar-refractivity contribution in [2.75, 3.05) is 44.7 Å². The number of hydrogen-bond donors (Lipinski definition) is 2. The van der Waals surface area contributed by atoms with Crippen LogP contribution in [0.25, 0.3) is 0 Å². The fourth-order valence-corrected chi connectivity index (χ4v) is 2.30. The highest BCUT2D eigenvalue weighted by Gasteiger charge is 2.18. The topological polar surface area (TPSA) is 74.0 Å². The van der Waals surface area contributed by atoms with E-state index in [0.717, 1.165) is 36.9 Å². The Morgan fingerprint density at radius 3 is 2.41 bits per heavy atom. The molecule has 0 aliphatic carbocycles. The van der Waals surface area contributed by atoms with E-state index in [4.69, 9.17) is 17.3 Å². The van der Waals surface area contributed by atoms with Gasteiger partial charge in [-0.15, -0.1) is 24.0 Å². The average Bonchev–Trinajstić information content (AvgIpc) is 2.53. The van der Waals surface area contributed by atoms with E-state index in [1.54, 1.807) is 7.05 Å². The molecule has 22 heavy (non-hydrogen) atoms. The number of rotatable bonds is 3. The number of likely N-dealkylation sites (N-methyl/N-ethyl adjacent to an activating group) is 1. The Morgan fingerprint density at radius 1 is 1.27 bits per heavy atom. The minimum Gasteiger partial charge on any atom is -0.370 e. The highest BCUT2D eigenvalue weighted by molar-refractivity contribution is 14.0. The van der Waals surface area contributed by atoms with Crippen molar-refractivity contribution >= 4 is 53.1 Å². The lowest BCUT2D eigenvalue weighted by Gasteiger charge is -2.36. The van der Waals surface area contributed by atoms with Gasteiger partial charge in [-0.3, -0.25) is 4.79 Å². The molecular weight excluding hydrogens is 417 g/mol. The number of halogens is 2. The number of carbonyl (C=O) groups is 1. The fraction of sp³-hybridized carbons (Fsp3) is 0.429. The molecule has 2 rings (SSSR count). The fourth-order valence-electron chi connectivity index (χ4n) is 2.18. The number of guanidine groups is 1. The van der Waals surface area contributed by atoms with E-state index >= 15 is 0 Å². The Morgan fingerprint density at radius 2 is 1.86 bits per heavy atom. The smallest absolute Gasteiger partial charge is 0.241 e. The van der Waals surface area contributed by atoms with E-state index in [2.05, 4.69) is 15.2 Å². The molecular formula is C14H21ClIN5O. The maximum absolute atomic E-state index is 11.2. The maximum Gasteiger partial charge on any atom is 0.241 e. The van der Waals surface area contributed by atoms with Crippen LogP contribution < -0.4 is 16.0 Å². The molecule has 1 heterocycles. The molecule has 0 spiro atoms. The number of benzene rings is 1. The molecule has 1 amide bonds. The average molecular weight is 438 g/mol. The first-order chi connectivity index (χ1) is 10.1. The van der Waals surface area contributed by atoms with E-state index in [-0.39, 0.29) is 36.4 Å². The molecule has 0 saturated carbocycles. The van der Waals surface area contributed by atoms with Gasteiger partial charge >= 0.3 is 0 Å². The van der Waals surface area contributed by atoms with Crippen molar-refractivity contribution in [1.82, 2.24) is 10.2 Å². The Balaban J connectivity index is 0.00000242. The molecule has 0 unspecified atom stereocenters. The molecule has 3 N–H and O–H groups in total. The second kappa shape index (κ2) is 9.04. The third-order valence-corrected chi connectivity index (χ3v) is 3.71. The van der Waals surface area contributed by atoms with Crippen LogP contribution in [-0.2, 0) is 4.79 Å². The van der Waals surface area contributed by atoms with E-state index in [1.807, 2.05) is 29.2 Å². The summed E-state index contributed by atoms with van der Waals surface area (Å²) in [6.07, 6.45) is 0. The predicted octanol–water partition coefficient (Wildman–Crippen LogP) is 1.14. The van der Waals surface area contributed by atoms with Crippen LogP contribution >= 0.6 is 35.6 Å². The monoisotopic (exact) mass is 437 g/mol. The highest BCUT2D eigenvalue weighted by Crippen LogP contribution is 2.19. The van der Waals surface area contributed by atoms with Crippen molar-refractivity contribution in [2.45, 2.75) is 0 Å². The third-order valence-electron chi connectivity index (χ3n) is 3.46. The Bertz CT molecular complexity index is 514. The molecule has 6 nitrogen and oxygen atoms in total. The summed E-state index contributed by atoms with van der Waals surface area (Å²) >= 11 is 5.90. The van der Waals surface area contributed by atoms with Crippen LogP contribution in [0.15, 0.2) is 29.3 Å². The summed E-state index contributed by atoms with van der Waals surface area (Å²) in [6.45, 7) is 3.35. The molecule has 1 fully saturated rings. The lowest BCUT2D eigenvalue weighted by Crippen LogP contribution is -2.51. The maximum atomic E-state index is 11.2. The van der Waals surface area contributed by atoms with Gasteiger partial charge in [-0.25, -0.2) is 4.99 Å². The van der Waals surface area contributed by atoms with Crippen LogP contribution in [0.4, 0.5) is 5.69 Å². The highest BCUT2D eigenvalue weighted by atomic mass is 127. The first-order valence-electron chi connectivity index (χ1n) is 6.86. The number of aliphatic imine (C=N–C) groups is 1. The van der Waals surface area contributed by atoms with Crippen LogP contribution in [0.5, 0.6) is 0 Å². The molecule has 0 bridgehead atoms. The summed E-state index contributed by atoms with van der Waals surface area (Å²) in [4.78, 5) is 19.5. The van der Waals surface area contributed by atoms with Gasteiger partial charge in [-0.05, 0) is 24.3 Å². The van der Waals surface area contributed by atoms with Gasteiger partial charge in [0.1, 0.15) is 6.54 Å². The van der Waals surface area contributed by atoms with Crippen molar-refractivity contribution in [3.63, 3.8) is 0 Å². The predicted molar refractivity (Wildman–Crippen MR) is 101 cm³/mol. The number of nitrogens with one attached hydrogen (secondary N) is 1. The van der Waals surface area contributed by atoms with Gasteiger partial charge in [-0.1, -0.05) is 11.6 Å². The molecule has 1 aliphatic rings. The summed E-state index contributed by atoms with van der Waals surface area (Å²) in [5.74, 6) is 0.284. The first kappa shape index (κ1) is 18.8. The van der Waals surface area contributed by atoms with Gasteiger partial charge in [0.2, 0.25) is 5.91 Å². The molecule has 1 aromatic rings. The van der Waals surface area contributed by atoms with Crippen molar-refractivity contribution in [3.05, 3.63) is 29.3 Å². The Kier molecular flexibility index (Phi) is 7.74. The molecule has 0 radical (unpaired) electrons. The van der Waals surface area contributed by atoms with Crippen LogP contribution in [0.3, 0.4) is 0 Å². The number of nitrogens with two attached hydrogens (primary N) is 1. The quantitative estimate of drug-likeness (QED) is 0.423.